The van der Waals surface area contributed by atoms with Gasteiger partial charge in [0.15, 0.2) is 0 Å². The number of benzene rings is 1. The Morgan fingerprint density at radius 1 is 1.42 bits per heavy atom. The predicted molar refractivity (Wildman–Crippen MR) is 99.1 cm³/mol. The highest BCUT2D eigenvalue weighted by Crippen LogP contribution is 2.48. The Labute approximate surface area is 148 Å². The number of hydrogen-bond donors (Lipinski definition) is 2. The Kier molecular flexibility index (Phi) is 4.49. The topological polar surface area (TPSA) is 53.8 Å². The van der Waals surface area contributed by atoms with Crippen molar-refractivity contribution in [1.29, 1.82) is 0 Å². The third-order valence-corrected chi connectivity index (χ3v) is 5.61. The van der Waals surface area contributed by atoms with Crippen molar-refractivity contribution in [1.82, 2.24) is 14.8 Å². The van der Waals surface area contributed by atoms with E-state index >= 15 is 0 Å². The monoisotopic (exact) mass is 343 g/mol. The molecule has 1 atom stereocenters. The van der Waals surface area contributed by atoms with Crippen LogP contribution in [-0.2, 0) is 6.54 Å². The molecule has 1 aliphatic rings. The highest BCUT2D eigenvalue weighted by Gasteiger charge is 2.48. The van der Waals surface area contributed by atoms with Crippen molar-refractivity contribution >= 4 is 18.3 Å². The zero-order chi connectivity index (χ0) is 17.4. The van der Waals surface area contributed by atoms with E-state index in [1.165, 1.54) is 5.56 Å². The molecule has 3 rings (SSSR count). The van der Waals surface area contributed by atoms with E-state index in [4.69, 9.17) is 12.2 Å². The molecule has 1 unspecified atom stereocenters. The Balaban J connectivity index is 2.05. The van der Waals surface area contributed by atoms with Crippen LogP contribution in [0, 0.1) is 17.1 Å². The van der Waals surface area contributed by atoms with Crippen LogP contribution in [0.5, 0.6) is 0 Å². The van der Waals surface area contributed by atoms with Crippen molar-refractivity contribution < 1.29 is 5.11 Å². The van der Waals surface area contributed by atoms with Crippen molar-refractivity contribution in [3.05, 3.63) is 52.1 Å². The van der Waals surface area contributed by atoms with Crippen LogP contribution in [0.1, 0.15) is 44.2 Å². The van der Waals surface area contributed by atoms with Gasteiger partial charge >= 0.3 is 0 Å². The third-order valence-electron chi connectivity index (χ3n) is 5.29. The zero-order valence-electron chi connectivity index (χ0n) is 14.5. The minimum Gasteiger partial charge on any atom is -0.383 e. The molecule has 2 aromatic rings. The Morgan fingerprint density at radius 3 is 2.88 bits per heavy atom. The average molecular weight is 343 g/mol. The van der Waals surface area contributed by atoms with Gasteiger partial charge in [-0.05, 0) is 55.0 Å². The first-order valence-corrected chi connectivity index (χ1v) is 8.83. The third kappa shape index (κ3) is 3.10. The van der Waals surface area contributed by atoms with E-state index in [1.807, 2.05) is 0 Å². The summed E-state index contributed by atoms with van der Waals surface area (Å²) in [5, 5.41) is 14.7. The quantitative estimate of drug-likeness (QED) is 0.818. The summed E-state index contributed by atoms with van der Waals surface area (Å²) < 4.78 is 2.23. The lowest BCUT2D eigenvalue weighted by atomic mass is 9.62. The highest BCUT2D eigenvalue weighted by atomic mass is 32.1. The summed E-state index contributed by atoms with van der Waals surface area (Å²) in [5.41, 5.74) is 2.23. The molecule has 1 heterocycles. The fraction of sp³-hybridized carbons (Fsp3) is 0.474. The van der Waals surface area contributed by atoms with Crippen LogP contribution in [-0.4, -0.2) is 25.5 Å². The minimum atomic E-state index is -0.959. The molecule has 0 saturated heterocycles. The zero-order valence-corrected chi connectivity index (χ0v) is 15.4. The van der Waals surface area contributed by atoms with Crippen molar-refractivity contribution in [2.24, 2.45) is 5.41 Å². The van der Waals surface area contributed by atoms with Crippen LogP contribution < -0.4 is 0 Å². The second kappa shape index (κ2) is 6.30. The molecule has 0 bridgehead atoms. The molecule has 0 spiro atoms. The highest BCUT2D eigenvalue weighted by molar-refractivity contribution is 7.71. The van der Waals surface area contributed by atoms with E-state index in [0.717, 1.165) is 30.4 Å². The molecule has 1 saturated carbocycles. The van der Waals surface area contributed by atoms with Gasteiger partial charge < -0.3 is 5.11 Å². The van der Waals surface area contributed by atoms with Crippen molar-refractivity contribution in [3.8, 4) is 0 Å². The first-order valence-electron chi connectivity index (χ1n) is 8.42. The lowest BCUT2D eigenvalue weighted by Gasteiger charge is -2.48. The SMILES string of the molecule is Cc1cccc(/C=C2/CCCC(C)(C)C2(O)Cn2[nH]cnc2=S)c1. The van der Waals surface area contributed by atoms with Crippen LogP contribution in [0.4, 0.5) is 0 Å². The summed E-state index contributed by atoms with van der Waals surface area (Å²) in [6.45, 7) is 6.76. The lowest BCUT2D eigenvalue weighted by molar-refractivity contribution is -0.0694. The van der Waals surface area contributed by atoms with Crippen LogP contribution in [0.2, 0.25) is 0 Å². The van der Waals surface area contributed by atoms with Crippen LogP contribution >= 0.6 is 12.2 Å². The maximum Gasteiger partial charge on any atom is 0.215 e. The molecular formula is C19H25N3OS. The van der Waals surface area contributed by atoms with Gasteiger partial charge in [-0.15, -0.1) is 0 Å². The summed E-state index contributed by atoms with van der Waals surface area (Å²) in [4.78, 5) is 4.07. The maximum absolute atomic E-state index is 11.7. The van der Waals surface area contributed by atoms with Crippen molar-refractivity contribution in [2.45, 2.75) is 52.2 Å². The van der Waals surface area contributed by atoms with Gasteiger partial charge in [-0.2, -0.15) is 0 Å². The number of aromatic amines is 1. The van der Waals surface area contributed by atoms with Crippen LogP contribution in [0.3, 0.4) is 0 Å². The molecule has 128 valence electrons. The van der Waals surface area contributed by atoms with Crippen molar-refractivity contribution in [2.75, 3.05) is 0 Å². The number of aromatic nitrogens is 3. The molecule has 2 N–H and O–H groups in total. The normalized spacial score (nSPS) is 25.1. The molecule has 0 radical (unpaired) electrons. The predicted octanol–water partition coefficient (Wildman–Crippen LogP) is 4.27. The minimum absolute atomic E-state index is 0.235. The van der Waals surface area contributed by atoms with Gasteiger partial charge in [0.25, 0.3) is 0 Å². The largest absolute Gasteiger partial charge is 0.383 e. The number of H-pyrrole nitrogens is 1. The summed E-state index contributed by atoms with van der Waals surface area (Å²) in [6.07, 6.45) is 6.69. The molecule has 24 heavy (non-hydrogen) atoms. The van der Waals surface area contributed by atoms with E-state index in [9.17, 15) is 5.11 Å². The second-order valence-corrected chi connectivity index (χ2v) is 7.80. The van der Waals surface area contributed by atoms with E-state index in [-0.39, 0.29) is 5.41 Å². The van der Waals surface area contributed by atoms with Crippen molar-refractivity contribution in [3.63, 3.8) is 0 Å². The van der Waals surface area contributed by atoms with Gasteiger partial charge in [0.05, 0.1) is 6.54 Å². The molecule has 0 amide bonds. The summed E-state index contributed by atoms with van der Waals surface area (Å²) in [5.74, 6) is 0. The van der Waals surface area contributed by atoms with Gasteiger partial charge in [-0.1, -0.05) is 49.8 Å². The smallest absolute Gasteiger partial charge is 0.215 e. The summed E-state index contributed by atoms with van der Waals surface area (Å²) >= 11 is 5.25. The number of nitrogens with one attached hydrogen (secondary N) is 1. The molecular weight excluding hydrogens is 318 g/mol. The number of hydrogen-bond acceptors (Lipinski definition) is 3. The van der Waals surface area contributed by atoms with Crippen LogP contribution in [0.25, 0.3) is 6.08 Å². The first kappa shape index (κ1) is 17.1. The fourth-order valence-electron chi connectivity index (χ4n) is 3.66. The molecule has 1 aliphatic carbocycles. The molecule has 1 aromatic heterocycles. The fourth-order valence-corrected chi connectivity index (χ4v) is 3.83. The number of rotatable bonds is 3. The lowest BCUT2D eigenvalue weighted by Crippen LogP contribution is -2.52. The van der Waals surface area contributed by atoms with Crippen LogP contribution in [0.15, 0.2) is 36.2 Å². The van der Waals surface area contributed by atoms with Gasteiger partial charge in [0, 0.05) is 0 Å². The maximum atomic E-state index is 11.7. The second-order valence-electron chi connectivity index (χ2n) is 7.44. The van der Waals surface area contributed by atoms with E-state index < -0.39 is 5.60 Å². The summed E-state index contributed by atoms with van der Waals surface area (Å²) in [6, 6.07) is 8.38. The van der Waals surface area contributed by atoms with E-state index in [2.05, 4.69) is 61.2 Å². The number of aryl methyl sites for hydroxylation is 1. The van der Waals surface area contributed by atoms with Gasteiger partial charge in [0.1, 0.15) is 11.9 Å². The Bertz CT molecular complexity index is 818. The van der Waals surface area contributed by atoms with E-state index in [1.54, 1.807) is 11.0 Å². The van der Waals surface area contributed by atoms with Gasteiger partial charge in [-0.3, -0.25) is 9.78 Å². The van der Waals surface area contributed by atoms with E-state index in [0.29, 0.717) is 11.3 Å². The Hall–Kier alpha value is -1.72. The summed E-state index contributed by atoms with van der Waals surface area (Å²) in [7, 11) is 0. The number of aliphatic hydroxyl groups is 1. The first-order chi connectivity index (χ1) is 11.3. The number of nitrogens with zero attached hydrogens (tertiary/aromatic N) is 2. The molecule has 5 heteroatoms. The van der Waals surface area contributed by atoms with Gasteiger partial charge in [-0.25, -0.2) is 4.98 Å². The molecule has 1 aromatic carbocycles. The standard InChI is InChI=1S/C19H25N3OS/c1-14-6-4-7-15(10-14)11-16-8-5-9-18(2,3)19(16,23)12-22-17(24)20-13-21-22/h4,6-7,10-11,13,23H,5,8-9,12H2,1-3H3,(H,20,21,24)/b16-11-. The molecule has 0 aliphatic heterocycles. The average Bonchev–Trinajstić information content (AvgIpc) is 2.90. The Morgan fingerprint density at radius 2 is 2.21 bits per heavy atom. The molecule has 4 nitrogen and oxygen atoms in total. The van der Waals surface area contributed by atoms with Gasteiger partial charge in [0.2, 0.25) is 4.77 Å². The molecule has 1 fully saturated rings.